The zero-order valence-electron chi connectivity index (χ0n) is 10.3. The molecule has 7 nitrogen and oxygen atoms in total. The summed E-state index contributed by atoms with van der Waals surface area (Å²) >= 11 is 0. The lowest BCUT2D eigenvalue weighted by atomic mass is 10.2. The lowest BCUT2D eigenvalue weighted by Gasteiger charge is -2.25. The number of hydrogen-bond acceptors (Lipinski definition) is 5. The number of hydrogen-bond donors (Lipinski definition) is 1. The highest BCUT2D eigenvalue weighted by atomic mass is 32.2. The van der Waals surface area contributed by atoms with Gasteiger partial charge in [0, 0.05) is 13.1 Å². The molecule has 1 fully saturated rings. The quantitative estimate of drug-likeness (QED) is 0.846. The molecule has 0 amide bonds. The summed E-state index contributed by atoms with van der Waals surface area (Å²) in [4.78, 5) is 3.90. The highest BCUT2D eigenvalue weighted by Gasteiger charge is 2.23. The zero-order chi connectivity index (χ0) is 13.0. The normalized spacial score (nSPS) is 17.8. The van der Waals surface area contributed by atoms with Crippen LogP contribution in [0.4, 0.5) is 0 Å². The highest BCUT2D eigenvalue weighted by molar-refractivity contribution is 7.87. The predicted octanol–water partition coefficient (Wildman–Crippen LogP) is 0.504. The van der Waals surface area contributed by atoms with Gasteiger partial charge in [0.05, 0.1) is 13.7 Å². The van der Waals surface area contributed by atoms with Crippen LogP contribution in [0.2, 0.25) is 0 Å². The van der Waals surface area contributed by atoms with Crippen molar-refractivity contribution < 1.29 is 17.6 Å². The number of aromatic nitrogens is 1. The molecule has 1 aromatic heterocycles. The van der Waals surface area contributed by atoms with Crippen LogP contribution in [-0.4, -0.2) is 37.9 Å². The summed E-state index contributed by atoms with van der Waals surface area (Å²) in [6, 6.07) is 0. The van der Waals surface area contributed by atoms with E-state index in [1.165, 1.54) is 17.6 Å². The van der Waals surface area contributed by atoms with Crippen molar-refractivity contribution in [1.82, 2.24) is 14.0 Å². The van der Waals surface area contributed by atoms with E-state index in [-0.39, 0.29) is 18.4 Å². The molecule has 2 heterocycles. The smallest absolute Gasteiger partial charge is 0.304 e. The first kappa shape index (κ1) is 13.3. The van der Waals surface area contributed by atoms with Gasteiger partial charge < -0.3 is 9.15 Å². The average Bonchev–Trinajstić information content (AvgIpc) is 2.86. The van der Waals surface area contributed by atoms with Crippen LogP contribution >= 0.6 is 0 Å². The van der Waals surface area contributed by atoms with E-state index >= 15 is 0 Å². The summed E-state index contributed by atoms with van der Waals surface area (Å²) < 4.78 is 37.8. The molecule has 8 heteroatoms. The van der Waals surface area contributed by atoms with Crippen molar-refractivity contribution in [3.8, 4) is 5.95 Å². The molecule has 1 saturated heterocycles. The van der Waals surface area contributed by atoms with Crippen molar-refractivity contribution in [2.45, 2.75) is 25.8 Å². The minimum Gasteiger partial charge on any atom is -0.467 e. The Hall–Kier alpha value is -1.12. The second-order valence-corrected chi connectivity index (χ2v) is 5.82. The van der Waals surface area contributed by atoms with Gasteiger partial charge in [-0.25, -0.2) is 4.98 Å². The fourth-order valence-electron chi connectivity index (χ4n) is 1.82. The molecular weight excluding hydrogens is 258 g/mol. The second kappa shape index (κ2) is 5.68. The fourth-order valence-corrected chi connectivity index (χ4v) is 3.05. The van der Waals surface area contributed by atoms with Crippen LogP contribution in [0.5, 0.6) is 5.95 Å². The van der Waals surface area contributed by atoms with E-state index in [4.69, 9.17) is 9.15 Å². The first-order valence-electron chi connectivity index (χ1n) is 5.85. The standard InChI is InChI=1S/C10H17N3O4S/c1-16-10-8-11-9(17-10)7-12-18(14,15)13-5-3-2-4-6-13/h8,12H,2-7H2,1H3. The van der Waals surface area contributed by atoms with E-state index < -0.39 is 10.2 Å². The van der Waals surface area contributed by atoms with Crippen LogP contribution in [0.25, 0.3) is 0 Å². The van der Waals surface area contributed by atoms with Gasteiger partial charge in [0.15, 0.2) is 0 Å². The molecular formula is C10H17N3O4S. The van der Waals surface area contributed by atoms with Crippen molar-refractivity contribution in [3.05, 3.63) is 12.1 Å². The van der Waals surface area contributed by atoms with Crippen molar-refractivity contribution in [2.24, 2.45) is 0 Å². The van der Waals surface area contributed by atoms with Gasteiger partial charge in [0.25, 0.3) is 10.2 Å². The summed E-state index contributed by atoms with van der Waals surface area (Å²) in [7, 11) is -1.98. The van der Waals surface area contributed by atoms with Crippen LogP contribution in [0.15, 0.2) is 10.6 Å². The topological polar surface area (TPSA) is 84.7 Å². The van der Waals surface area contributed by atoms with E-state index in [0.29, 0.717) is 13.1 Å². The molecule has 18 heavy (non-hydrogen) atoms. The van der Waals surface area contributed by atoms with Crippen LogP contribution < -0.4 is 9.46 Å². The molecule has 1 aliphatic rings. The molecule has 0 atom stereocenters. The monoisotopic (exact) mass is 275 g/mol. The molecule has 0 radical (unpaired) electrons. The molecule has 0 saturated carbocycles. The Balaban J connectivity index is 1.91. The van der Waals surface area contributed by atoms with E-state index in [1.807, 2.05) is 0 Å². The van der Waals surface area contributed by atoms with Gasteiger partial charge in [-0.1, -0.05) is 6.42 Å². The summed E-state index contributed by atoms with van der Waals surface area (Å²) in [5.74, 6) is 0.551. The van der Waals surface area contributed by atoms with Crippen molar-refractivity contribution in [1.29, 1.82) is 0 Å². The average molecular weight is 275 g/mol. The molecule has 1 N–H and O–H groups in total. The van der Waals surface area contributed by atoms with Crippen LogP contribution in [0, 0.1) is 0 Å². The third-order valence-electron chi connectivity index (χ3n) is 2.79. The molecule has 1 aromatic rings. The van der Waals surface area contributed by atoms with Crippen LogP contribution in [0.1, 0.15) is 25.2 Å². The molecule has 2 rings (SSSR count). The minimum atomic E-state index is -3.44. The maximum atomic E-state index is 11.9. The number of nitrogens with one attached hydrogen (secondary N) is 1. The van der Waals surface area contributed by atoms with Crippen LogP contribution in [0.3, 0.4) is 0 Å². The number of methoxy groups -OCH3 is 1. The molecule has 0 spiro atoms. The van der Waals surface area contributed by atoms with Crippen molar-refractivity contribution in [2.75, 3.05) is 20.2 Å². The Labute approximate surface area is 106 Å². The third-order valence-corrected chi connectivity index (χ3v) is 4.35. The highest BCUT2D eigenvalue weighted by Crippen LogP contribution is 2.14. The number of oxazole rings is 1. The van der Waals surface area contributed by atoms with Gasteiger partial charge in [-0.05, 0) is 12.8 Å². The number of ether oxygens (including phenoxy) is 1. The maximum absolute atomic E-state index is 11.9. The molecule has 1 aliphatic heterocycles. The summed E-state index contributed by atoms with van der Waals surface area (Å²) in [6.45, 7) is 1.18. The minimum absolute atomic E-state index is 0.0300. The van der Waals surface area contributed by atoms with Crippen LogP contribution in [-0.2, 0) is 16.8 Å². The molecule has 0 bridgehead atoms. The first-order valence-corrected chi connectivity index (χ1v) is 7.29. The predicted molar refractivity (Wildman–Crippen MR) is 64.2 cm³/mol. The van der Waals surface area contributed by atoms with Crippen molar-refractivity contribution >= 4 is 10.2 Å². The Morgan fingerprint density at radius 2 is 2.17 bits per heavy atom. The zero-order valence-corrected chi connectivity index (χ0v) is 11.1. The maximum Gasteiger partial charge on any atom is 0.304 e. The summed E-state index contributed by atoms with van der Waals surface area (Å²) in [6.07, 6.45) is 4.31. The lowest BCUT2D eigenvalue weighted by molar-refractivity contribution is 0.291. The largest absolute Gasteiger partial charge is 0.467 e. The Morgan fingerprint density at radius 3 is 2.78 bits per heavy atom. The fraction of sp³-hybridized carbons (Fsp3) is 0.700. The van der Waals surface area contributed by atoms with E-state index in [2.05, 4.69) is 9.71 Å². The van der Waals surface area contributed by atoms with Gasteiger partial charge in [-0.2, -0.15) is 17.4 Å². The van der Waals surface area contributed by atoms with Gasteiger partial charge >= 0.3 is 5.95 Å². The lowest BCUT2D eigenvalue weighted by Crippen LogP contribution is -2.43. The van der Waals surface area contributed by atoms with E-state index in [0.717, 1.165) is 19.3 Å². The SMILES string of the molecule is COc1cnc(CNS(=O)(=O)N2CCCCC2)o1. The summed E-state index contributed by atoms with van der Waals surface area (Å²) in [5, 5.41) is 0. The Bertz CT molecular complexity index is 479. The Morgan fingerprint density at radius 1 is 1.44 bits per heavy atom. The molecule has 0 unspecified atom stereocenters. The first-order chi connectivity index (χ1) is 8.62. The van der Waals surface area contributed by atoms with Gasteiger partial charge in [-0.3, -0.25) is 0 Å². The third kappa shape index (κ3) is 3.21. The van der Waals surface area contributed by atoms with Gasteiger partial charge in [0.2, 0.25) is 5.89 Å². The second-order valence-electron chi connectivity index (χ2n) is 4.06. The van der Waals surface area contributed by atoms with E-state index in [9.17, 15) is 8.42 Å². The molecule has 102 valence electrons. The summed E-state index contributed by atoms with van der Waals surface area (Å²) in [5.41, 5.74) is 0. The molecule has 0 aliphatic carbocycles. The van der Waals surface area contributed by atoms with Gasteiger partial charge in [0.1, 0.15) is 6.20 Å². The van der Waals surface area contributed by atoms with Gasteiger partial charge in [-0.15, -0.1) is 0 Å². The molecule has 0 aromatic carbocycles. The number of rotatable bonds is 5. The van der Waals surface area contributed by atoms with E-state index in [1.54, 1.807) is 0 Å². The van der Waals surface area contributed by atoms with Crippen molar-refractivity contribution in [3.63, 3.8) is 0 Å². The number of piperidine rings is 1. The number of nitrogens with zero attached hydrogens (tertiary/aromatic N) is 2. The Kier molecular flexibility index (Phi) is 4.20.